The van der Waals surface area contributed by atoms with Gasteiger partial charge in [0.1, 0.15) is 0 Å². The molecule has 0 unspecified atom stereocenters. The highest BCUT2D eigenvalue weighted by Gasteiger charge is 2.21. The Bertz CT molecular complexity index is 1100. The third-order valence-electron chi connectivity index (χ3n) is 4.67. The van der Waals surface area contributed by atoms with Gasteiger partial charge >= 0.3 is 0 Å². The lowest BCUT2D eigenvalue weighted by atomic mass is 10.2. The van der Waals surface area contributed by atoms with Gasteiger partial charge in [-0.2, -0.15) is 5.10 Å². The van der Waals surface area contributed by atoms with Gasteiger partial charge in [-0.25, -0.2) is 9.97 Å². The number of hydrogen-bond acceptors (Lipinski definition) is 8. The molecule has 1 aliphatic rings. The van der Waals surface area contributed by atoms with Gasteiger partial charge in [0.15, 0.2) is 11.6 Å². The zero-order chi connectivity index (χ0) is 18.2. The highest BCUT2D eigenvalue weighted by atomic mass is 32.1. The molecule has 0 saturated carbocycles. The Hall–Kier alpha value is -2.62. The van der Waals surface area contributed by atoms with Gasteiger partial charge in [-0.1, -0.05) is 0 Å². The summed E-state index contributed by atoms with van der Waals surface area (Å²) in [5.41, 5.74) is 2.74. The molecule has 5 rings (SSSR count). The standard InChI is InChI=1S/C18H19N7OS/c1-19-7-11-6-14-16(27-11)18(25-2-4-26-5-3-25)23-17(22-14)13-8-20-10-15-12(13)9-21-24-15/h6,8-10,19H,2-5,7H2,1H3,(H,21,24). The second kappa shape index (κ2) is 6.84. The summed E-state index contributed by atoms with van der Waals surface area (Å²) in [6.07, 6.45) is 5.38. The van der Waals surface area contributed by atoms with E-state index in [1.54, 1.807) is 23.7 Å². The van der Waals surface area contributed by atoms with Crippen molar-refractivity contribution in [2.24, 2.45) is 0 Å². The minimum Gasteiger partial charge on any atom is -0.378 e. The van der Waals surface area contributed by atoms with Gasteiger partial charge < -0.3 is 15.0 Å². The van der Waals surface area contributed by atoms with Crippen LogP contribution in [0.3, 0.4) is 0 Å². The average molecular weight is 381 g/mol. The zero-order valence-electron chi connectivity index (χ0n) is 14.9. The Morgan fingerprint density at radius 3 is 2.96 bits per heavy atom. The van der Waals surface area contributed by atoms with Crippen LogP contribution in [-0.4, -0.2) is 58.5 Å². The summed E-state index contributed by atoms with van der Waals surface area (Å²) < 4.78 is 6.65. The Labute approximate surface area is 159 Å². The van der Waals surface area contributed by atoms with Crippen LogP contribution in [0.5, 0.6) is 0 Å². The minimum atomic E-state index is 0.678. The van der Waals surface area contributed by atoms with E-state index in [9.17, 15) is 0 Å². The fourth-order valence-electron chi connectivity index (χ4n) is 3.38. The lowest BCUT2D eigenvalue weighted by molar-refractivity contribution is 0.122. The van der Waals surface area contributed by atoms with Crippen LogP contribution in [0.1, 0.15) is 4.88 Å². The Kier molecular flexibility index (Phi) is 4.19. The van der Waals surface area contributed by atoms with E-state index in [4.69, 9.17) is 14.7 Å². The van der Waals surface area contributed by atoms with Gasteiger partial charge in [-0.3, -0.25) is 10.1 Å². The topological polar surface area (TPSA) is 91.9 Å². The molecular weight excluding hydrogens is 362 g/mol. The second-order valence-corrected chi connectivity index (χ2v) is 7.58. The molecule has 0 atom stereocenters. The lowest BCUT2D eigenvalue weighted by Crippen LogP contribution is -2.36. The molecular formula is C18H19N7OS. The molecule has 4 aromatic rings. The van der Waals surface area contributed by atoms with E-state index >= 15 is 0 Å². The van der Waals surface area contributed by atoms with Crippen LogP contribution in [0.4, 0.5) is 5.82 Å². The SMILES string of the molecule is CNCc1cc2nc(-c3cncc4[nH]ncc34)nc(N3CCOCC3)c2s1. The molecule has 27 heavy (non-hydrogen) atoms. The molecule has 0 aliphatic carbocycles. The number of ether oxygens (including phenoxy) is 1. The van der Waals surface area contributed by atoms with Gasteiger partial charge in [-0.05, 0) is 13.1 Å². The van der Waals surface area contributed by atoms with Crippen LogP contribution in [-0.2, 0) is 11.3 Å². The number of rotatable bonds is 4. The van der Waals surface area contributed by atoms with E-state index in [1.807, 2.05) is 13.2 Å². The predicted molar refractivity (Wildman–Crippen MR) is 106 cm³/mol. The van der Waals surface area contributed by atoms with Crippen LogP contribution >= 0.6 is 11.3 Å². The first-order chi connectivity index (χ1) is 13.3. The smallest absolute Gasteiger partial charge is 0.164 e. The first-order valence-corrected chi connectivity index (χ1v) is 9.70. The fraction of sp³-hybridized carbons (Fsp3) is 0.333. The van der Waals surface area contributed by atoms with Crippen molar-refractivity contribution in [2.45, 2.75) is 6.54 Å². The summed E-state index contributed by atoms with van der Waals surface area (Å²) in [4.78, 5) is 17.7. The summed E-state index contributed by atoms with van der Waals surface area (Å²) in [7, 11) is 1.95. The van der Waals surface area contributed by atoms with Crippen molar-refractivity contribution < 1.29 is 4.74 Å². The van der Waals surface area contributed by atoms with E-state index < -0.39 is 0 Å². The van der Waals surface area contributed by atoms with E-state index in [1.165, 1.54) is 4.88 Å². The average Bonchev–Trinajstić information content (AvgIpc) is 3.34. The third-order valence-corrected chi connectivity index (χ3v) is 5.79. The second-order valence-electron chi connectivity index (χ2n) is 6.45. The van der Waals surface area contributed by atoms with Crippen molar-refractivity contribution in [1.29, 1.82) is 0 Å². The van der Waals surface area contributed by atoms with Crippen molar-refractivity contribution in [1.82, 2.24) is 30.5 Å². The van der Waals surface area contributed by atoms with Crippen molar-refractivity contribution >= 4 is 38.3 Å². The highest BCUT2D eigenvalue weighted by Crippen LogP contribution is 2.35. The number of nitrogens with one attached hydrogen (secondary N) is 2. The van der Waals surface area contributed by atoms with Crippen molar-refractivity contribution in [2.75, 3.05) is 38.3 Å². The Morgan fingerprint density at radius 1 is 1.22 bits per heavy atom. The largest absolute Gasteiger partial charge is 0.378 e. The van der Waals surface area contributed by atoms with Crippen LogP contribution in [0.15, 0.2) is 24.7 Å². The fourth-order valence-corrected chi connectivity index (χ4v) is 4.50. The van der Waals surface area contributed by atoms with Crippen molar-refractivity contribution in [3.8, 4) is 11.4 Å². The molecule has 2 N–H and O–H groups in total. The van der Waals surface area contributed by atoms with Gasteiger partial charge in [0.2, 0.25) is 0 Å². The van der Waals surface area contributed by atoms with E-state index in [0.717, 1.165) is 52.1 Å². The van der Waals surface area contributed by atoms with Gasteiger partial charge in [0.25, 0.3) is 0 Å². The van der Waals surface area contributed by atoms with Gasteiger partial charge in [0.05, 0.1) is 41.3 Å². The third kappa shape index (κ3) is 2.93. The summed E-state index contributed by atoms with van der Waals surface area (Å²) >= 11 is 1.75. The number of anilines is 1. The molecule has 5 heterocycles. The van der Waals surface area contributed by atoms with Crippen molar-refractivity contribution in [3.63, 3.8) is 0 Å². The number of pyridine rings is 1. The summed E-state index contributed by atoms with van der Waals surface area (Å²) in [6, 6.07) is 2.15. The maximum Gasteiger partial charge on any atom is 0.164 e. The van der Waals surface area contributed by atoms with E-state index in [-0.39, 0.29) is 0 Å². The minimum absolute atomic E-state index is 0.678. The molecule has 1 aliphatic heterocycles. The van der Waals surface area contributed by atoms with Gasteiger partial charge in [0, 0.05) is 41.7 Å². The predicted octanol–water partition coefficient (Wildman–Crippen LogP) is 2.19. The highest BCUT2D eigenvalue weighted by molar-refractivity contribution is 7.19. The maximum absolute atomic E-state index is 5.53. The number of fused-ring (bicyclic) bond motifs is 2. The zero-order valence-corrected chi connectivity index (χ0v) is 15.7. The van der Waals surface area contributed by atoms with Crippen LogP contribution in [0.25, 0.3) is 32.5 Å². The molecule has 0 spiro atoms. The number of H-pyrrole nitrogens is 1. The van der Waals surface area contributed by atoms with Crippen LogP contribution in [0, 0.1) is 0 Å². The Balaban J connectivity index is 1.71. The molecule has 0 aromatic carbocycles. The number of hydrogen-bond donors (Lipinski definition) is 2. The molecule has 0 amide bonds. The monoisotopic (exact) mass is 381 g/mol. The number of aromatic nitrogens is 5. The molecule has 8 nitrogen and oxygen atoms in total. The summed E-state index contributed by atoms with van der Waals surface area (Å²) in [5.74, 6) is 1.66. The first-order valence-electron chi connectivity index (χ1n) is 8.88. The number of aromatic amines is 1. The molecule has 1 saturated heterocycles. The molecule has 0 bridgehead atoms. The Morgan fingerprint density at radius 2 is 2.11 bits per heavy atom. The first kappa shape index (κ1) is 16.5. The van der Waals surface area contributed by atoms with E-state index in [2.05, 4.69) is 31.5 Å². The molecule has 138 valence electrons. The number of thiophene rings is 1. The van der Waals surface area contributed by atoms with Crippen LogP contribution < -0.4 is 10.2 Å². The number of nitrogens with zero attached hydrogens (tertiary/aromatic N) is 5. The molecule has 4 aromatic heterocycles. The van der Waals surface area contributed by atoms with Crippen molar-refractivity contribution in [3.05, 3.63) is 29.5 Å². The normalized spacial score (nSPS) is 15.1. The summed E-state index contributed by atoms with van der Waals surface area (Å²) in [6.45, 7) is 3.92. The lowest BCUT2D eigenvalue weighted by Gasteiger charge is -2.28. The summed E-state index contributed by atoms with van der Waals surface area (Å²) in [5, 5.41) is 11.3. The molecule has 9 heteroatoms. The molecule has 0 radical (unpaired) electrons. The van der Waals surface area contributed by atoms with Crippen LogP contribution in [0.2, 0.25) is 0 Å². The number of morpholine rings is 1. The van der Waals surface area contributed by atoms with Gasteiger partial charge in [-0.15, -0.1) is 11.3 Å². The maximum atomic E-state index is 5.53. The quantitative estimate of drug-likeness (QED) is 0.560. The van der Waals surface area contributed by atoms with E-state index in [0.29, 0.717) is 19.0 Å². The molecule has 1 fully saturated rings.